The number of carbonyl (C=O) groups is 1. The molecule has 31 heavy (non-hydrogen) atoms. The van der Waals surface area contributed by atoms with Gasteiger partial charge in [0.1, 0.15) is 17.4 Å². The molecule has 0 aliphatic carbocycles. The maximum absolute atomic E-state index is 14.2. The molecule has 0 fully saturated rings. The molecule has 0 aromatic heterocycles. The molecule has 0 unspecified atom stereocenters. The van der Waals surface area contributed by atoms with Gasteiger partial charge in [0, 0.05) is 29.5 Å². The number of anilines is 2. The van der Waals surface area contributed by atoms with E-state index in [1.54, 1.807) is 36.4 Å². The van der Waals surface area contributed by atoms with Crippen molar-refractivity contribution < 1.29 is 32.2 Å². The van der Waals surface area contributed by atoms with Gasteiger partial charge >= 0.3 is 5.97 Å². The van der Waals surface area contributed by atoms with Crippen molar-refractivity contribution in [3.05, 3.63) is 77.1 Å². The smallest absolute Gasteiger partial charge is 0.323 e. The summed E-state index contributed by atoms with van der Waals surface area (Å²) in [4.78, 5) is 15.2. The van der Waals surface area contributed by atoms with E-state index in [4.69, 9.17) is 14.2 Å². The van der Waals surface area contributed by atoms with Crippen LogP contribution in [0.3, 0.4) is 0 Å². The number of halogens is 3. The van der Waals surface area contributed by atoms with Crippen molar-refractivity contribution in [1.82, 2.24) is 0 Å². The third-order valence-electron chi connectivity index (χ3n) is 5.27. The average molecular weight is 429 g/mol. The normalized spacial score (nSPS) is 12.8. The third kappa shape index (κ3) is 3.24. The van der Waals surface area contributed by atoms with Crippen molar-refractivity contribution in [2.24, 2.45) is 0 Å². The molecule has 1 aliphatic heterocycles. The van der Waals surface area contributed by atoms with Crippen LogP contribution in [0.1, 0.15) is 17.0 Å². The Balaban J connectivity index is 1.93. The highest BCUT2D eigenvalue weighted by atomic mass is 19.2. The zero-order valence-electron chi connectivity index (χ0n) is 16.9. The molecule has 0 N–H and O–H groups in total. The highest BCUT2D eigenvalue weighted by molar-refractivity contribution is 5.94. The lowest BCUT2D eigenvalue weighted by molar-refractivity contribution is -0.135. The largest absolute Gasteiger partial charge is 0.496 e. The fourth-order valence-electron chi connectivity index (χ4n) is 3.86. The first kappa shape index (κ1) is 20.6. The number of ether oxygens (including phenoxy) is 3. The second-order valence-corrected chi connectivity index (χ2v) is 6.87. The van der Waals surface area contributed by atoms with E-state index < -0.39 is 35.1 Å². The van der Waals surface area contributed by atoms with E-state index in [2.05, 4.69) is 0 Å². The number of nitrogens with zero attached hydrogens (tertiary/aromatic N) is 1. The number of rotatable bonds is 4. The number of carbonyl (C=O) groups excluding carboxylic acids is 1. The minimum absolute atomic E-state index is 0.378. The summed E-state index contributed by atoms with van der Waals surface area (Å²) in [5, 5.41) is 0. The van der Waals surface area contributed by atoms with Gasteiger partial charge in [-0.05, 0) is 36.4 Å². The third-order valence-corrected chi connectivity index (χ3v) is 5.27. The summed E-state index contributed by atoms with van der Waals surface area (Å²) < 4.78 is 58.0. The molecule has 160 valence electrons. The average Bonchev–Trinajstić information content (AvgIpc) is 2.78. The van der Waals surface area contributed by atoms with E-state index in [0.717, 1.165) is 0 Å². The molecule has 0 radical (unpaired) electrons. The van der Waals surface area contributed by atoms with Gasteiger partial charge in [0.2, 0.25) is 11.6 Å². The lowest BCUT2D eigenvalue weighted by Gasteiger charge is -2.35. The molecule has 0 saturated carbocycles. The van der Waals surface area contributed by atoms with Crippen LogP contribution in [0.2, 0.25) is 0 Å². The molecule has 0 saturated heterocycles. The number of methoxy groups -OCH3 is 2. The summed E-state index contributed by atoms with van der Waals surface area (Å²) in [5.74, 6) is -6.60. The second kappa shape index (κ2) is 7.86. The van der Waals surface area contributed by atoms with Crippen LogP contribution >= 0.6 is 0 Å². The lowest BCUT2D eigenvalue weighted by Crippen LogP contribution is -2.30. The number of hydrogen-bond donors (Lipinski definition) is 0. The summed E-state index contributed by atoms with van der Waals surface area (Å²) in [6, 6.07) is 11.7. The van der Waals surface area contributed by atoms with Crippen molar-refractivity contribution in [2.75, 3.05) is 26.2 Å². The zero-order valence-corrected chi connectivity index (χ0v) is 16.9. The minimum Gasteiger partial charge on any atom is -0.496 e. The molecule has 0 spiro atoms. The molecule has 0 atom stereocenters. The van der Waals surface area contributed by atoms with Gasteiger partial charge in [0.15, 0.2) is 11.6 Å². The zero-order chi connectivity index (χ0) is 22.3. The van der Waals surface area contributed by atoms with E-state index in [0.29, 0.717) is 46.1 Å². The van der Waals surface area contributed by atoms with Gasteiger partial charge in [-0.15, -0.1) is 0 Å². The van der Waals surface area contributed by atoms with E-state index in [9.17, 15) is 18.0 Å². The van der Waals surface area contributed by atoms with E-state index in [1.807, 2.05) is 11.9 Å². The molecule has 8 heteroatoms. The summed E-state index contributed by atoms with van der Waals surface area (Å²) in [6.07, 6.45) is 0. The molecule has 1 heterocycles. The SMILES string of the molecule is COc1cccc2c1C(C(=O)Oc1c(F)ccc(F)c1F)c1c(OC)cccc1N2C. The predicted molar refractivity (Wildman–Crippen MR) is 108 cm³/mol. The molecule has 3 aromatic rings. The van der Waals surface area contributed by atoms with Crippen LogP contribution in [-0.2, 0) is 4.79 Å². The Bertz CT molecular complexity index is 1130. The van der Waals surface area contributed by atoms with Crippen LogP contribution in [0.15, 0.2) is 48.5 Å². The second-order valence-electron chi connectivity index (χ2n) is 6.87. The van der Waals surface area contributed by atoms with Crippen molar-refractivity contribution >= 4 is 17.3 Å². The van der Waals surface area contributed by atoms with Crippen LogP contribution in [0.25, 0.3) is 0 Å². The van der Waals surface area contributed by atoms with Crippen LogP contribution in [0.4, 0.5) is 24.5 Å². The highest BCUT2D eigenvalue weighted by Crippen LogP contribution is 2.51. The Morgan fingerprint density at radius 1 is 0.839 bits per heavy atom. The van der Waals surface area contributed by atoms with Gasteiger partial charge in [-0.2, -0.15) is 4.39 Å². The van der Waals surface area contributed by atoms with E-state index >= 15 is 0 Å². The van der Waals surface area contributed by atoms with E-state index in [-0.39, 0.29) is 0 Å². The molecule has 5 nitrogen and oxygen atoms in total. The van der Waals surface area contributed by atoms with Crippen molar-refractivity contribution in [2.45, 2.75) is 5.92 Å². The molecular weight excluding hydrogens is 411 g/mol. The first-order chi connectivity index (χ1) is 14.9. The van der Waals surface area contributed by atoms with E-state index in [1.165, 1.54) is 14.2 Å². The predicted octanol–water partition coefficient (Wildman–Crippen LogP) is 4.94. The number of fused-ring (bicyclic) bond motifs is 2. The number of hydrogen-bond acceptors (Lipinski definition) is 5. The Morgan fingerprint density at radius 3 is 1.87 bits per heavy atom. The van der Waals surface area contributed by atoms with Crippen LogP contribution in [-0.4, -0.2) is 27.2 Å². The Labute approximate surface area is 176 Å². The monoisotopic (exact) mass is 429 g/mol. The summed E-state index contributed by atoms with van der Waals surface area (Å²) in [7, 11) is 4.70. The quantitative estimate of drug-likeness (QED) is 0.334. The van der Waals surface area contributed by atoms with Gasteiger partial charge < -0.3 is 19.1 Å². The topological polar surface area (TPSA) is 48.0 Å². The van der Waals surface area contributed by atoms with Crippen LogP contribution in [0.5, 0.6) is 17.2 Å². The maximum atomic E-state index is 14.2. The molecule has 4 rings (SSSR count). The molecule has 1 aliphatic rings. The van der Waals surface area contributed by atoms with Crippen LogP contribution < -0.4 is 19.1 Å². The van der Waals surface area contributed by atoms with Gasteiger partial charge in [0.05, 0.1) is 14.2 Å². The Kier molecular flexibility index (Phi) is 5.22. The Hall–Kier alpha value is -3.68. The summed E-state index contributed by atoms with van der Waals surface area (Å²) in [5.41, 5.74) is 2.16. The number of esters is 1. The molecule has 0 bridgehead atoms. The van der Waals surface area contributed by atoms with Crippen molar-refractivity contribution in [3.63, 3.8) is 0 Å². The minimum atomic E-state index is -1.58. The van der Waals surface area contributed by atoms with Gasteiger partial charge in [0.25, 0.3) is 0 Å². The van der Waals surface area contributed by atoms with Gasteiger partial charge in [-0.25, -0.2) is 8.78 Å². The molecule has 3 aromatic carbocycles. The maximum Gasteiger partial charge on any atom is 0.323 e. The molecule has 0 amide bonds. The van der Waals surface area contributed by atoms with Crippen molar-refractivity contribution in [1.29, 1.82) is 0 Å². The molecular formula is C23H18F3NO4. The summed E-state index contributed by atoms with van der Waals surface area (Å²) >= 11 is 0. The summed E-state index contributed by atoms with van der Waals surface area (Å²) in [6.45, 7) is 0. The first-order valence-corrected chi connectivity index (χ1v) is 9.31. The highest BCUT2D eigenvalue weighted by Gasteiger charge is 2.40. The van der Waals surface area contributed by atoms with Gasteiger partial charge in [-0.1, -0.05) is 12.1 Å². The number of benzene rings is 3. The Morgan fingerprint density at radius 2 is 1.35 bits per heavy atom. The lowest BCUT2D eigenvalue weighted by atomic mass is 9.83. The van der Waals surface area contributed by atoms with Gasteiger partial charge in [-0.3, -0.25) is 4.79 Å². The fraction of sp³-hybridized carbons (Fsp3) is 0.174. The standard InChI is InChI=1S/C23H18F3NO4/c1-27-14-6-4-8-16(29-2)18(14)20(19-15(27)7-5-9-17(19)30-3)23(28)31-22-13(25)11-10-12(24)21(22)26/h4-11,20H,1-3H3. The van der Waals surface area contributed by atoms with Crippen LogP contribution in [0, 0.1) is 17.5 Å². The van der Waals surface area contributed by atoms with Crippen molar-refractivity contribution in [3.8, 4) is 17.2 Å². The first-order valence-electron chi connectivity index (χ1n) is 9.31. The fourth-order valence-corrected chi connectivity index (χ4v) is 3.86.